The lowest BCUT2D eigenvalue weighted by atomic mass is 10.0. The quantitative estimate of drug-likeness (QED) is 0.857. The molecule has 0 spiro atoms. The average molecular weight is 275 g/mol. The van der Waals surface area contributed by atoms with Gasteiger partial charge >= 0.3 is 6.18 Å². The molecule has 1 aromatic rings. The highest BCUT2D eigenvalue weighted by Crippen LogP contribution is 2.20. The minimum Gasteiger partial charge on any atom is -0.508 e. The van der Waals surface area contributed by atoms with Crippen LogP contribution in [0.5, 0.6) is 5.75 Å². The Morgan fingerprint density at radius 1 is 1.21 bits per heavy atom. The number of halogens is 3. The number of phenolic OH excluding ortho intramolecular Hbond substituents is 1. The van der Waals surface area contributed by atoms with Crippen LogP contribution in [0.4, 0.5) is 13.2 Å². The van der Waals surface area contributed by atoms with E-state index in [4.69, 9.17) is 5.11 Å². The van der Waals surface area contributed by atoms with Crippen molar-refractivity contribution in [2.75, 3.05) is 13.1 Å². The molecule has 1 aromatic carbocycles. The molecule has 0 bridgehead atoms. The molecule has 0 aliphatic heterocycles. The molecule has 0 fully saturated rings. The molecule has 0 saturated carbocycles. The van der Waals surface area contributed by atoms with E-state index in [-0.39, 0.29) is 11.8 Å². The first-order valence-electron chi connectivity index (χ1n) is 6.40. The number of aromatic hydroxyl groups is 1. The van der Waals surface area contributed by atoms with Crippen LogP contribution in [-0.2, 0) is 6.42 Å². The van der Waals surface area contributed by atoms with Crippen LogP contribution in [0.1, 0.15) is 25.8 Å². The molecule has 108 valence electrons. The summed E-state index contributed by atoms with van der Waals surface area (Å²) >= 11 is 0. The first-order chi connectivity index (χ1) is 8.81. The van der Waals surface area contributed by atoms with Crippen molar-refractivity contribution in [3.63, 3.8) is 0 Å². The molecule has 2 nitrogen and oxygen atoms in total. The van der Waals surface area contributed by atoms with E-state index in [2.05, 4.69) is 0 Å². The number of rotatable bonds is 6. The second kappa shape index (κ2) is 6.80. The van der Waals surface area contributed by atoms with E-state index in [9.17, 15) is 13.2 Å². The average Bonchev–Trinajstić information content (AvgIpc) is 2.34. The van der Waals surface area contributed by atoms with Gasteiger partial charge in [-0.3, -0.25) is 4.90 Å². The summed E-state index contributed by atoms with van der Waals surface area (Å²) in [4.78, 5) is 1.43. The first kappa shape index (κ1) is 15.8. The fourth-order valence-corrected chi connectivity index (χ4v) is 2.03. The number of phenols is 1. The van der Waals surface area contributed by atoms with Gasteiger partial charge in [0, 0.05) is 6.04 Å². The molecule has 0 aliphatic carbocycles. The third kappa shape index (κ3) is 5.96. The number of benzene rings is 1. The van der Waals surface area contributed by atoms with Gasteiger partial charge in [-0.2, -0.15) is 13.2 Å². The van der Waals surface area contributed by atoms with E-state index < -0.39 is 12.7 Å². The van der Waals surface area contributed by atoms with Gasteiger partial charge in [-0.1, -0.05) is 19.1 Å². The minimum absolute atomic E-state index is 0.125. The maximum Gasteiger partial charge on any atom is 0.401 e. The molecule has 0 heterocycles. The van der Waals surface area contributed by atoms with E-state index in [1.54, 1.807) is 31.2 Å². The molecule has 1 N–H and O–H groups in total. The zero-order valence-corrected chi connectivity index (χ0v) is 11.2. The highest BCUT2D eigenvalue weighted by molar-refractivity contribution is 5.25. The predicted molar refractivity (Wildman–Crippen MR) is 69.2 cm³/mol. The number of nitrogens with zero attached hydrogens (tertiary/aromatic N) is 1. The number of hydrogen-bond donors (Lipinski definition) is 1. The van der Waals surface area contributed by atoms with Gasteiger partial charge in [-0.25, -0.2) is 0 Å². The van der Waals surface area contributed by atoms with Gasteiger partial charge in [0.2, 0.25) is 0 Å². The zero-order valence-electron chi connectivity index (χ0n) is 11.2. The monoisotopic (exact) mass is 275 g/mol. The lowest BCUT2D eigenvalue weighted by molar-refractivity contribution is -0.149. The van der Waals surface area contributed by atoms with Crippen molar-refractivity contribution in [3.05, 3.63) is 29.8 Å². The Balaban J connectivity index is 2.48. The zero-order chi connectivity index (χ0) is 14.5. The molecule has 0 saturated heterocycles. The molecule has 0 amide bonds. The molecule has 0 radical (unpaired) electrons. The second-order valence-electron chi connectivity index (χ2n) is 4.73. The van der Waals surface area contributed by atoms with E-state index in [1.165, 1.54) is 4.90 Å². The highest BCUT2D eigenvalue weighted by atomic mass is 19.4. The van der Waals surface area contributed by atoms with Crippen LogP contribution in [0.25, 0.3) is 0 Å². The van der Waals surface area contributed by atoms with E-state index in [1.807, 2.05) is 6.92 Å². The topological polar surface area (TPSA) is 23.5 Å². The van der Waals surface area contributed by atoms with Gasteiger partial charge in [0.05, 0.1) is 6.54 Å². The van der Waals surface area contributed by atoms with Crippen molar-refractivity contribution < 1.29 is 18.3 Å². The summed E-state index contributed by atoms with van der Waals surface area (Å²) < 4.78 is 37.2. The molecule has 0 aromatic heterocycles. The van der Waals surface area contributed by atoms with Crippen molar-refractivity contribution in [3.8, 4) is 5.75 Å². The number of aryl methyl sites for hydroxylation is 1. The highest BCUT2D eigenvalue weighted by Gasteiger charge is 2.31. The van der Waals surface area contributed by atoms with Crippen molar-refractivity contribution in [1.29, 1.82) is 0 Å². The van der Waals surface area contributed by atoms with Gasteiger partial charge in [0.1, 0.15) is 5.75 Å². The molecule has 1 atom stereocenters. The fraction of sp³-hybridized carbons (Fsp3) is 0.571. The van der Waals surface area contributed by atoms with Crippen LogP contribution in [0.2, 0.25) is 0 Å². The molecule has 1 unspecified atom stereocenters. The summed E-state index contributed by atoms with van der Waals surface area (Å²) in [7, 11) is 0. The molecule has 19 heavy (non-hydrogen) atoms. The summed E-state index contributed by atoms with van der Waals surface area (Å²) in [6, 6.07) is 6.64. The number of hydrogen-bond acceptors (Lipinski definition) is 2. The SMILES string of the molecule is CCN(CC(F)(F)F)C(C)CCc1ccc(O)cc1. The summed E-state index contributed by atoms with van der Waals surface area (Å²) in [6.07, 6.45) is -2.78. The second-order valence-corrected chi connectivity index (χ2v) is 4.73. The summed E-state index contributed by atoms with van der Waals surface area (Å²) in [5.74, 6) is 0.198. The van der Waals surface area contributed by atoms with E-state index in [0.717, 1.165) is 5.56 Å². The van der Waals surface area contributed by atoms with E-state index in [0.29, 0.717) is 19.4 Å². The Hall–Kier alpha value is -1.23. The van der Waals surface area contributed by atoms with Gasteiger partial charge in [0.15, 0.2) is 0 Å². The first-order valence-corrected chi connectivity index (χ1v) is 6.40. The van der Waals surface area contributed by atoms with Crippen LogP contribution < -0.4 is 0 Å². The summed E-state index contributed by atoms with van der Waals surface area (Å²) in [5.41, 5.74) is 1.02. The van der Waals surface area contributed by atoms with Crippen molar-refractivity contribution in [2.45, 2.75) is 38.9 Å². The van der Waals surface area contributed by atoms with Gasteiger partial charge < -0.3 is 5.11 Å². The van der Waals surface area contributed by atoms with Crippen molar-refractivity contribution in [1.82, 2.24) is 4.90 Å². The van der Waals surface area contributed by atoms with Crippen LogP contribution in [0.15, 0.2) is 24.3 Å². The molecular formula is C14H20F3NO. The molecule has 0 aliphatic rings. The lowest BCUT2D eigenvalue weighted by Gasteiger charge is -2.28. The smallest absolute Gasteiger partial charge is 0.401 e. The fourth-order valence-electron chi connectivity index (χ4n) is 2.03. The third-order valence-corrected chi connectivity index (χ3v) is 3.20. The maximum atomic E-state index is 12.4. The van der Waals surface area contributed by atoms with E-state index >= 15 is 0 Å². The van der Waals surface area contributed by atoms with Crippen molar-refractivity contribution in [2.24, 2.45) is 0 Å². The Bertz CT molecular complexity index is 375. The molecular weight excluding hydrogens is 255 g/mol. The Morgan fingerprint density at radius 3 is 2.26 bits per heavy atom. The normalized spacial score (nSPS) is 13.8. The van der Waals surface area contributed by atoms with Gasteiger partial charge in [-0.05, 0) is 44.0 Å². The maximum absolute atomic E-state index is 12.4. The molecule has 1 rings (SSSR count). The standard InChI is InChI=1S/C14H20F3NO/c1-3-18(10-14(15,16)17)11(2)4-5-12-6-8-13(19)9-7-12/h6-9,11,19H,3-5,10H2,1-2H3. The van der Waals surface area contributed by atoms with Crippen molar-refractivity contribution >= 4 is 0 Å². The van der Waals surface area contributed by atoms with Crippen LogP contribution in [0.3, 0.4) is 0 Å². The third-order valence-electron chi connectivity index (χ3n) is 3.20. The minimum atomic E-state index is -4.15. The van der Waals surface area contributed by atoms with Crippen LogP contribution >= 0.6 is 0 Å². The van der Waals surface area contributed by atoms with Crippen LogP contribution in [-0.4, -0.2) is 35.3 Å². The number of alkyl halides is 3. The van der Waals surface area contributed by atoms with Gasteiger partial charge in [-0.15, -0.1) is 0 Å². The lowest BCUT2D eigenvalue weighted by Crippen LogP contribution is -2.40. The summed E-state index contributed by atoms with van der Waals surface area (Å²) in [5, 5.41) is 9.15. The summed E-state index contributed by atoms with van der Waals surface area (Å²) in [6.45, 7) is 3.08. The van der Waals surface area contributed by atoms with Gasteiger partial charge in [0.25, 0.3) is 0 Å². The largest absolute Gasteiger partial charge is 0.508 e. The Kier molecular flexibility index (Phi) is 5.66. The Labute approximate surface area is 111 Å². The Morgan fingerprint density at radius 2 is 1.79 bits per heavy atom. The predicted octanol–water partition coefficient (Wildman–Crippen LogP) is 3.60. The van der Waals surface area contributed by atoms with Crippen LogP contribution in [0, 0.1) is 0 Å². The molecule has 5 heteroatoms.